The number of esters is 1. The van der Waals surface area contributed by atoms with Crippen molar-refractivity contribution in [3.05, 3.63) is 113 Å². The van der Waals surface area contributed by atoms with Crippen LogP contribution in [-0.2, 0) is 12.8 Å². The molecule has 0 saturated heterocycles. The highest BCUT2D eigenvalue weighted by Crippen LogP contribution is 2.41. The number of hydrogen-bond acceptors (Lipinski definition) is 3. The first-order chi connectivity index (χ1) is 15.8. The Hall–Kier alpha value is -3.85. The van der Waals surface area contributed by atoms with Gasteiger partial charge in [0.1, 0.15) is 0 Å². The molecule has 0 amide bonds. The summed E-state index contributed by atoms with van der Waals surface area (Å²) in [6.45, 7) is 0. The number of furan rings is 1. The number of carbonyl (C=O) groups excluding carboxylic acids is 1. The number of ether oxygens (including phenoxy) is 1. The minimum absolute atomic E-state index is 0.247. The van der Waals surface area contributed by atoms with Gasteiger partial charge in [0.15, 0.2) is 0 Å². The van der Waals surface area contributed by atoms with Crippen molar-refractivity contribution in [3.63, 3.8) is 0 Å². The minimum atomic E-state index is -0.394. The fourth-order valence-electron chi connectivity index (χ4n) is 5.02. The molecule has 0 saturated carbocycles. The second kappa shape index (κ2) is 7.69. The van der Waals surface area contributed by atoms with Crippen LogP contribution in [0.5, 0.6) is 5.95 Å². The molecule has 5 aromatic rings. The summed E-state index contributed by atoms with van der Waals surface area (Å²) >= 11 is 0. The highest BCUT2D eigenvalue weighted by Gasteiger charge is 2.27. The summed E-state index contributed by atoms with van der Waals surface area (Å²) in [4.78, 5) is 12.6. The topological polar surface area (TPSA) is 39.4 Å². The minimum Gasteiger partial charge on any atom is -0.434 e. The molecule has 0 fully saturated rings. The summed E-state index contributed by atoms with van der Waals surface area (Å²) in [5, 5.41) is 5.16. The average molecular weight is 418 g/mol. The van der Waals surface area contributed by atoms with Crippen LogP contribution >= 0.6 is 0 Å². The van der Waals surface area contributed by atoms with Crippen LogP contribution in [-0.4, -0.2) is 5.97 Å². The van der Waals surface area contributed by atoms with Crippen LogP contribution in [0.2, 0.25) is 0 Å². The van der Waals surface area contributed by atoms with Gasteiger partial charge in [-0.3, -0.25) is 0 Å². The van der Waals surface area contributed by atoms with E-state index in [1.807, 2.05) is 24.3 Å². The number of rotatable bonds is 3. The number of hydrogen-bond donors (Lipinski definition) is 0. The van der Waals surface area contributed by atoms with Crippen LogP contribution in [0.4, 0.5) is 0 Å². The van der Waals surface area contributed by atoms with Crippen molar-refractivity contribution in [1.82, 2.24) is 0 Å². The van der Waals surface area contributed by atoms with E-state index in [-0.39, 0.29) is 5.92 Å². The monoisotopic (exact) mass is 418 g/mol. The molecule has 1 unspecified atom stereocenters. The third kappa shape index (κ3) is 3.18. The molecule has 4 aromatic carbocycles. The first kappa shape index (κ1) is 18.9. The third-order valence-electron chi connectivity index (χ3n) is 6.64. The van der Waals surface area contributed by atoms with E-state index in [0.717, 1.165) is 24.8 Å². The van der Waals surface area contributed by atoms with E-state index in [4.69, 9.17) is 9.15 Å². The maximum Gasteiger partial charge on any atom is 0.345 e. The molecule has 156 valence electrons. The Morgan fingerprint density at radius 3 is 2.53 bits per heavy atom. The van der Waals surface area contributed by atoms with Crippen LogP contribution in [0.1, 0.15) is 39.4 Å². The van der Waals surface area contributed by atoms with Crippen molar-refractivity contribution in [2.75, 3.05) is 0 Å². The van der Waals surface area contributed by atoms with Gasteiger partial charge in [-0.15, -0.1) is 0 Å². The van der Waals surface area contributed by atoms with Crippen LogP contribution in [0.25, 0.3) is 21.5 Å². The Bertz CT molecular complexity index is 1450. The zero-order valence-electron chi connectivity index (χ0n) is 17.6. The molecule has 1 aromatic heterocycles. The summed E-state index contributed by atoms with van der Waals surface area (Å²) in [5.41, 5.74) is 4.29. The number of fused-ring (bicyclic) bond motifs is 5. The van der Waals surface area contributed by atoms with Gasteiger partial charge in [-0.05, 0) is 76.1 Å². The van der Waals surface area contributed by atoms with E-state index in [9.17, 15) is 4.79 Å². The van der Waals surface area contributed by atoms with E-state index >= 15 is 0 Å². The van der Waals surface area contributed by atoms with Crippen molar-refractivity contribution in [2.24, 2.45) is 0 Å². The van der Waals surface area contributed by atoms with Crippen molar-refractivity contribution in [3.8, 4) is 5.95 Å². The summed E-state index contributed by atoms with van der Waals surface area (Å²) in [6.07, 6.45) is 4.52. The summed E-state index contributed by atoms with van der Waals surface area (Å²) in [6, 6.07) is 28.5. The molecule has 3 nitrogen and oxygen atoms in total. The Morgan fingerprint density at radius 2 is 1.62 bits per heavy atom. The Labute approximate surface area is 186 Å². The quantitative estimate of drug-likeness (QED) is 0.232. The summed E-state index contributed by atoms with van der Waals surface area (Å²) < 4.78 is 11.3. The van der Waals surface area contributed by atoms with Crippen molar-refractivity contribution in [2.45, 2.75) is 25.2 Å². The van der Waals surface area contributed by atoms with Gasteiger partial charge in [0.05, 0.1) is 11.8 Å². The fourth-order valence-corrected chi connectivity index (χ4v) is 5.02. The lowest BCUT2D eigenvalue weighted by molar-refractivity contribution is 0.0690. The molecule has 1 aliphatic carbocycles. The van der Waals surface area contributed by atoms with Crippen molar-refractivity contribution in [1.29, 1.82) is 0 Å². The molecule has 1 atom stereocenters. The van der Waals surface area contributed by atoms with Gasteiger partial charge < -0.3 is 9.15 Å². The number of carbonyl (C=O) groups is 1. The maximum atomic E-state index is 12.6. The standard InChI is InChI=1S/C29H22O3/c30-28(21-7-2-1-3-8-21)32-29-24(16-17-31-29)22-11-10-20-13-14-25-23-9-5-4-6-19(23)12-15-26(25)27(20)18-22/h1-9,12-17,22H,10-11,18H2. The van der Waals surface area contributed by atoms with Crippen LogP contribution < -0.4 is 4.74 Å². The van der Waals surface area contributed by atoms with E-state index in [2.05, 4.69) is 48.5 Å². The fraction of sp³-hybridized carbons (Fsp3) is 0.138. The predicted molar refractivity (Wildman–Crippen MR) is 126 cm³/mol. The molecule has 0 aliphatic heterocycles. The summed E-state index contributed by atoms with van der Waals surface area (Å²) in [7, 11) is 0. The Morgan fingerprint density at radius 1 is 0.812 bits per heavy atom. The largest absolute Gasteiger partial charge is 0.434 e. The van der Waals surface area contributed by atoms with Gasteiger partial charge in [0.2, 0.25) is 0 Å². The molecule has 1 heterocycles. The van der Waals surface area contributed by atoms with E-state index in [1.54, 1.807) is 18.4 Å². The molecule has 6 rings (SSSR count). The Balaban J connectivity index is 1.35. The van der Waals surface area contributed by atoms with E-state index in [1.165, 1.54) is 32.7 Å². The normalized spacial score (nSPS) is 15.6. The zero-order valence-corrected chi connectivity index (χ0v) is 17.6. The average Bonchev–Trinajstić information content (AvgIpc) is 3.32. The van der Waals surface area contributed by atoms with Crippen LogP contribution in [0, 0.1) is 0 Å². The van der Waals surface area contributed by atoms with Crippen LogP contribution in [0.3, 0.4) is 0 Å². The number of aryl methyl sites for hydroxylation is 1. The summed E-state index contributed by atoms with van der Waals surface area (Å²) in [5.74, 6) is 0.171. The lowest BCUT2D eigenvalue weighted by atomic mass is 9.78. The highest BCUT2D eigenvalue weighted by molar-refractivity contribution is 6.08. The molecule has 0 radical (unpaired) electrons. The van der Waals surface area contributed by atoms with E-state index in [0.29, 0.717) is 11.5 Å². The lowest BCUT2D eigenvalue weighted by Gasteiger charge is -2.26. The van der Waals surface area contributed by atoms with Gasteiger partial charge in [-0.2, -0.15) is 0 Å². The van der Waals surface area contributed by atoms with Crippen molar-refractivity contribution >= 4 is 27.5 Å². The predicted octanol–water partition coefficient (Wildman–Crippen LogP) is 7.08. The smallest absolute Gasteiger partial charge is 0.345 e. The molecule has 1 aliphatic rings. The van der Waals surface area contributed by atoms with Gasteiger partial charge in [-0.25, -0.2) is 4.79 Å². The second-order valence-corrected chi connectivity index (χ2v) is 8.44. The van der Waals surface area contributed by atoms with Gasteiger partial charge in [0.25, 0.3) is 5.95 Å². The van der Waals surface area contributed by atoms with E-state index < -0.39 is 5.97 Å². The Kier molecular flexibility index (Phi) is 4.53. The zero-order chi connectivity index (χ0) is 21.5. The molecule has 32 heavy (non-hydrogen) atoms. The van der Waals surface area contributed by atoms with Crippen LogP contribution in [0.15, 0.2) is 95.6 Å². The first-order valence-electron chi connectivity index (χ1n) is 11.0. The second-order valence-electron chi connectivity index (χ2n) is 8.44. The molecular weight excluding hydrogens is 396 g/mol. The third-order valence-corrected chi connectivity index (χ3v) is 6.64. The van der Waals surface area contributed by atoms with Gasteiger partial charge >= 0.3 is 5.97 Å². The maximum absolute atomic E-state index is 12.6. The SMILES string of the molecule is O=C(Oc1occc1C1CCc2ccc3c(ccc4ccccc43)c2C1)c1ccccc1. The highest BCUT2D eigenvalue weighted by atomic mass is 16.6. The number of benzene rings is 4. The molecule has 0 bridgehead atoms. The first-order valence-corrected chi connectivity index (χ1v) is 11.0. The van der Waals surface area contributed by atoms with Gasteiger partial charge in [0, 0.05) is 5.56 Å². The van der Waals surface area contributed by atoms with Crippen molar-refractivity contribution < 1.29 is 13.9 Å². The molecule has 0 N–H and O–H groups in total. The molecule has 3 heteroatoms. The lowest BCUT2D eigenvalue weighted by Crippen LogP contribution is -2.15. The van der Waals surface area contributed by atoms with Gasteiger partial charge in [-0.1, -0.05) is 66.7 Å². The molecular formula is C29H22O3. The molecule has 0 spiro atoms.